The molecule has 0 radical (unpaired) electrons. The molecule has 0 unspecified atom stereocenters. The molecule has 0 aliphatic heterocycles. The molecule has 0 aromatic heterocycles. The van der Waals surface area contributed by atoms with Gasteiger partial charge in [-0.2, -0.15) is 18.8 Å². The monoisotopic (exact) mass is 485 g/mol. The summed E-state index contributed by atoms with van der Waals surface area (Å²) in [6, 6.07) is 5.56. The molecule has 4 nitrogen and oxygen atoms in total. The Hall–Kier alpha value is -1.13. The highest BCUT2D eigenvalue weighted by atomic mass is 32.1. The van der Waals surface area contributed by atoms with Gasteiger partial charge in [-0.1, -0.05) is 90.4 Å². The number of nitriles is 1. The summed E-state index contributed by atoms with van der Waals surface area (Å²) in [7, 11) is 0. The first kappa shape index (κ1) is 34.0. The molecule has 0 aliphatic carbocycles. The van der Waals surface area contributed by atoms with Crippen LogP contribution in [0.1, 0.15) is 114 Å². The summed E-state index contributed by atoms with van der Waals surface area (Å²) in [5.41, 5.74) is 0.649. The topological polar surface area (TPSA) is 73.5 Å². The third kappa shape index (κ3) is 23.8. The van der Waals surface area contributed by atoms with E-state index in [1.54, 1.807) is 6.07 Å². The zero-order valence-corrected chi connectivity index (χ0v) is 21.8. The maximum Gasteiger partial charge on any atom is 0.124 e. The molecule has 2 N–H and O–H groups in total. The van der Waals surface area contributed by atoms with Gasteiger partial charge in [0.15, 0.2) is 0 Å². The van der Waals surface area contributed by atoms with E-state index >= 15 is 0 Å². The van der Waals surface area contributed by atoms with Gasteiger partial charge in [0, 0.05) is 19.8 Å². The molecule has 0 aliphatic rings. The number of unbranched alkanes of at least 4 members (excludes halogenated alkanes) is 13. The van der Waals surface area contributed by atoms with Crippen molar-refractivity contribution in [3.63, 3.8) is 0 Å². The van der Waals surface area contributed by atoms with Crippen LogP contribution in [0.2, 0.25) is 0 Å². The number of hydrogen-bond acceptors (Lipinski definition) is 4. The van der Waals surface area contributed by atoms with Gasteiger partial charge in [0.1, 0.15) is 5.82 Å². The Bertz CT molecular complexity index is 563. The summed E-state index contributed by atoms with van der Waals surface area (Å²) in [5, 5.41) is 25.6. The van der Waals surface area contributed by atoms with Gasteiger partial charge in [-0.15, -0.1) is 0 Å². The van der Waals surface area contributed by atoms with Crippen LogP contribution in [0, 0.1) is 17.1 Å². The minimum Gasteiger partial charge on any atom is -0.396 e. The first-order chi connectivity index (χ1) is 15.7. The number of aliphatic hydroxyl groups excluding tert-OH is 2. The van der Waals surface area contributed by atoms with Crippen molar-refractivity contribution in [3.05, 3.63) is 35.1 Å². The van der Waals surface area contributed by atoms with E-state index in [4.69, 9.17) is 20.2 Å². The lowest BCUT2D eigenvalue weighted by atomic mass is 10.0. The molecule has 0 bridgehead atoms. The minimum absolute atomic E-state index is 0. The Labute approximate surface area is 209 Å². The smallest absolute Gasteiger partial charge is 0.124 e. The molecule has 1 rings (SSSR count). The number of aliphatic hydroxyl groups is 2. The normalized spacial score (nSPS) is 10.2. The summed E-state index contributed by atoms with van der Waals surface area (Å²) >= 11 is 0. The van der Waals surface area contributed by atoms with Gasteiger partial charge in [-0.05, 0) is 36.6 Å². The molecule has 0 amide bonds. The van der Waals surface area contributed by atoms with Crippen LogP contribution in [0.15, 0.2) is 18.2 Å². The summed E-state index contributed by atoms with van der Waals surface area (Å²) in [4.78, 5) is 0. The number of ether oxygens (including phenoxy) is 1. The summed E-state index contributed by atoms with van der Waals surface area (Å²) in [5.74, 6) is -0.492. The van der Waals surface area contributed by atoms with Crippen molar-refractivity contribution in [1.82, 2.24) is 0 Å². The fraction of sp³-hybridized carbons (Fsp3) is 0.741. The average molecular weight is 486 g/mol. The largest absolute Gasteiger partial charge is 0.396 e. The number of nitrogens with zero attached hydrogens (tertiary/aromatic N) is 1. The van der Waals surface area contributed by atoms with Gasteiger partial charge in [-0.25, -0.2) is 4.39 Å². The van der Waals surface area contributed by atoms with E-state index in [0.717, 1.165) is 25.7 Å². The molecule has 0 saturated heterocycles. The molecule has 0 fully saturated rings. The third-order valence-electron chi connectivity index (χ3n) is 5.36. The van der Waals surface area contributed by atoms with E-state index in [1.165, 1.54) is 102 Å². The number of halogens is 1. The Morgan fingerprint density at radius 1 is 0.758 bits per heavy atom. The Kier molecular flexibility index (Phi) is 28.0. The van der Waals surface area contributed by atoms with Crippen molar-refractivity contribution < 1.29 is 19.3 Å². The van der Waals surface area contributed by atoms with Crippen molar-refractivity contribution in [2.45, 2.75) is 110 Å². The molecule has 1 aromatic carbocycles. The average Bonchev–Trinajstić information content (AvgIpc) is 2.81. The highest BCUT2D eigenvalue weighted by Gasteiger charge is 1.98. The fourth-order valence-electron chi connectivity index (χ4n) is 3.47. The van der Waals surface area contributed by atoms with E-state index in [0.29, 0.717) is 5.56 Å². The third-order valence-corrected chi connectivity index (χ3v) is 5.36. The van der Waals surface area contributed by atoms with E-state index in [9.17, 15) is 4.39 Å². The van der Waals surface area contributed by atoms with Gasteiger partial charge in [0.05, 0.1) is 18.2 Å². The van der Waals surface area contributed by atoms with Gasteiger partial charge in [0.2, 0.25) is 0 Å². The van der Waals surface area contributed by atoms with Crippen LogP contribution in [-0.4, -0.2) is 30.0 Å². The lowest BCUT2D eigenvalue weighted by molar-refractivity contribution is 0.112. The molecule has 1 aromatic rings. The second-order valence-corrected chi connectivity index (χ2v) is 8.40. The predicted octanol–water partition coefficient (Wildman–Crippen LogP) is 7.17. The first-order valence-corrected chi connectivity index (χ1v) is 12.7. The summed E-state index contributed by atoms with van der Waals surface area (Å²) in [6.45, 7) is 3.88. The van der Waals surface area contributed by atoms with Gasteiger partial charge >= 0.3 is 0 Å². The van der Waals surface area contributed by atoms with Gasteiger partial charge < -0.3 is 14.9 Å². The Balaban J connectivity index is 0. The number of rotatable bonds is 19. The lowest BCUT2D eigenvalue weighted by Gasteiger charge is -2.04. The van der Waals surface area contributed by atoms with Crippen molar-refractivity contribution in [2.75, 3.05) is 19.8 Å². The lowest BCUT2D eigenvalue weighted by Crippen LogP contribution is -1.98. The highest BCUT2D eigenvalue weighted by Crippen LogP contribution is 2.13. The quantitative estimate of drug-likeness (QED) is 0.204. The Morgan fingerprint density at radius 2 is 1.24 bits per heavy atom. The van der Waals surface area contributed by atoms with Crippen molar-refractivity contribution in [3.8, 4) is 6.07 Å². The molecule has 0 heterocycles. The molecule has 192 valence electrons. The van der Waals surface area contributed by atoms with Crippen molar-refractivity contribution >= 4 is 13.5 Å². The van der Waals surface area contributed by atoms with E-state index in [-0.39, 0.29) is 32.3 Å². The van der Waals surface area contributed by atoms with Crippen LogP contribution < -0.4 is 0 Å². The second kappa shape index (κ2) is 27.1. The maximum absolute atomic E-state index is 12.5. The van der Waals surface area contributed by atoms with Crippen LogP contribution in [0.5, 0.6) is 0 Å². The van der Waals surface area contributed by atoms with Crippen LogP contribution in [0.4, 0.5) is 4.39 Å². The summed E-state index contributed by atoms with van der Waals surface area (Å²) < 4.78 is 18.0. The predicted molar refractivity (Wildman–Crippen MR) is 140 cm³/mol. The molecule has 33 heavy (non-hydrogen) atoms. The molecule has 0 atom stereocenters. The molecular formula is C27H48FNO3S. The van der Waals surface area contributed by atoms with Gasteiger partial charge in [-0.3, -0.25) is 0 Å². The zero-order chi connectivity index (χ0) is 23.7. The Morgan fingerprint density at radius 3 is 1.70 bits per heavy atom. The SMILES string of the molecule is CCCCCCCCCCCCCCCCOCCCO.N#Cc1cc(F)cc(CO)c1.S. The molecule has 6 heteroatoms. The number of benzene rings is 1. The highest BCUT2D eigenvalue weighted by molar-refractivity contribution is 7.59. The van der Waals surface area contributed by atoms with Crippen LogP contribution in [-0.2, 0) is 11.3 Å². The summed E-state index contributed by atoms with van der Waals surface area (Å²) in [6.07, 6.45) is 20.3. The second-order valence-electron chi connectivity index (χ2n) is 8.40. The maximum atomic E-state index is 12.5. The molecular weight excluding hydrogens is 437 g/mol. The molecule has 0 spiro atoms. The minimum atomic E-state index is -0.492. The van der Waals surface area contributed by atoms with E-state index in [1.807, 2.05) is 0 Å². The van der Waals surface area contributed by atoms with Crippen LogP contribution in [0.25, 0.3) is 0 Å². The first-order valence-electron chi connectivity index (χ1n) is 12.7. The molecule has 0 saturated carbocycles. The number of hydrogen-bond donors (Lipinski definition) is 2. The van der Waals surface area contributed by atoms with Crippen molar-refractivity contribution in [1.29, 1.82) is 5.26 Å². The van der Waals surface area contributed by atoms with E-state index in [2.05, 4.69) is 6.92 Å². The van der Waals surface area contributed by atoms with Crippen LogP contribution in [0.3, 0.4) is 0 Å². The van der Waals surface area contributed by atoms with Gasteiger partial charge in [0.25, 0.3) is 0 Å². The van der Waals surface area contributed by atoms with Crippen LogP contribution >= 0.6 is 13.5 Å². The van der Waals surface area contributed by atoms with E-state index < -0.39 is 5.82 Å². The van der Waals surface area contributed by atoms with Crippen molar-refractivity contribution in [2.24, 2.45) is 0 Å². The standard InChI is InChI=1S/C19H40O2.C8H6FNO.H2S/c1-2-3-4-5-6-7-8-9-10-11-12-13-14-15-18-21-19-16-17-20;9-8-2-6(4-10)1-7(3-8)5-11;/h20H,2-19H2,1H3;1-3,11H,5H2;1H2. The fourth-order valence-corrected chi connectivity index (χ4v) is 3.47. The zero-order valence-electron chi connectivity index (χ0n) is 20.8.